The third-order valence-corrected chi connectivity index (χ3v) is 5.77. The van der Waals surface area contributed by atoms with Crippen LogP contribution in [-0.4, -0.2) is 51.9 Å². The Bertz CT molecular complexity index is 598. The van der Waals surface area contributed by atoms with E-state index < -0.39 is 10.0 Å². The second kappa shape index (κ2) is 7.92. The predicted molar refractivity (Wildman–Crippen MR) is 87.9 cm³/mol. The Labute approximate surface area is 137 Å². The maximum absolute atomic E-state index is 12.6. The molecule has 6 nitrogen and oxygen atoms in total. The molecule has 1 amide bonds. The quantitative estimate of drug-likeness (QED) is 0.846. The molecule has 1 aromatic rings. The van der Waals surface area contributed by atoms with Gasteiger partial charge in [0.05, 0.1) is 4.90 Å². The van der Waals surface area contributed by atoms with Crippen LogP contribution in [0.15, 0.2) is 29.2 Å². The number of carbonyl (C=O) groups excluding carboxylic acids is 1. The molecule has 22 heavy (non-hydrogen) atoms. The zero-order chi connectivity index (χ0) is 15.5. The Hall–Kier alpha value is -1.15. The van der Waals surface area contributed by atoms with Gasteiger partial charge in [0, 0.05) is 25.7 Å². The molecule has 1 aromatic carbocycles. The van der Waals surface area contributed by atoms with E-state index in [0.717, 1.165) is 25.9 Å². The van der Waals surface area contributed by atoms with Crippen LogP contribution in [0.25, 0.3) is 0 Å². The molecule has 8 heteroatoms. The molecule has 0 radical (unpaired) electrons. The summed E-state index contributed by atoms with van der Waals surface area (Å²) in [5.74, 6) is -0.231. The molecule has 2 N–H and O–H groups in total. The molecular formula is C14H22ClN3O3S. The summed E-state index contributed by atoms with van der Waals surface area (Å²) < 4.78 is 26.6. The van der Waals surface area contributed by atoms with Crippen molar-refractivity contribution < 1.29 is 13.2 Å². The largest absolute Gasteiger partial charge is 0.355 e. The summed E-state index contributed by atoms with van der Waals surface area (Å²) in [6, 6.07) is 6.05. The van der Waals surface area contributed by atoms with Crippen molar-refractivity contribution in [3.63, 3.8) is 0 Å². The van der Waals surface area contributed by atoms with E-state index in [1.165, 1.54) is 35.6 Å². The number of nitrogens with zero attached hydrogens (tertiary/aromatic N) is 1. The fourth-order valence-electron chi connectivity index (χ4n) is 2.46. The monoisotopic (exact) mass is 347 g/mol. The van der Waals surface area contributed by atoms with Gasteiger partial charge in [0.25, 0.3) is 5.91 Å². The molecule has 124 valence electrons. The van der Waals surface area contributed by atoms with E-state index in [0.29, 0.717) is 5.56 Å². The van der Waals surface area contributed by atoms with Gasteiger partial charge in [-0.1, -0.05) is 0 Å². The predicted octanol–water partition coefficient (Wildman–Crippen LogP) is 0.841. The number of carbonyl (C=O) groups is 1. The first-order valence-electron chi connectivity index (χ1n) is 6.97. The van der Waals surface area contributed by atoms with Crippen LogP contribution in [0.4, 0.5) is 0 Å². The Morgan fingerprint density at radius 3 is 2.27 bits per heavy atom. The second-order valence-corrected chi connectivity index (χ2v) is 7.10. The highest BCUT2D eigenvalue weighted by molar-refractivity contribution is 7.89. The number of nitrogens with one attached hydrogen (secondary N) is 2. The van der Waals surface area contributed by atoms with E-state index in [4.69, 9.17) is 0 Å². The van der Waals surface area contributed by atoms with Gasteiger partial charge in [0.15, 0.2) is 0 Å². The van der Waals surface area contributed by atoms with Gasteiger partial charge in [-0.3, -0.25) is 4.79 Å². The Morgan fingerprint density at radius 2 is 1.77 bits per heavy atom. The van der Waals surface area contributed by atoms with Crippen LogP contribution < -0.4 is 10.6 Å². The van der Waals surface area contributed by atoms with Crippen LogP contribution >= 0.6 is 12.4 Å². The third kappa shape index (κ3) is 3.98. The number of piperidine rings is 1. The number of amides is 1. The van der Waals surface area contributed by atoms with Crippen molar-refractivity contribution >= 4 is 28.3 Å². The maximum atomic E-state index is 12.6. The van der Waals surface area contributed by atoms with E-state index in [1.807, 2.05) is 0 Å². The minimum absolute atomic E-state index is 0. The van der Waals surface area contributed by atoms with Gasteiger partial charge < -0.3 is 10.6 Å². The standard InChI is InChI=1S/C14H21N3O3S.ClH/c1-15-14(18)11-3-5-13(6-4-11)21(19,20)17(2)12-7-9-16-10-8-12;/h3-6,12,16H,7-10H2,1-2H3,(H,15,18);1H. The first-order chi connectivity index (χ1) is 9.96. The van der Waals surface area contributed by atoms with Crippen LogP contribution in [0.5, 0.6) is 0 Å². The molecule has 1 heterocycles. The van der Waals surface area contributed by atoms with E-state index in [-0.39, 0.29) is 29.3 Å². The molecule has 0 aliphatic carbocycles. The number of sulfonamides is 1. The second-order valence-electron chi connectivity index (χ2n) is 5.11. The van der Waals surface area contributed by atoms with Crippen molar-refractivity contribution in [3.05, 3.63) is 29.8 Å². The molecule has 0 atom stereocenters. The summed E-state index contributed by atoms with van der Waals surface area (Å²) in [5.41, 5.74) is 0.445. The highest BCUT2D eigenvalue weighted by Gasteiger charge is 2.28. The number of halogens is 1. The van der Waals surface area contributed by atoms with Gasteiger partial charge in [-0.15, -0.1) is 12.4 Å². The van der Waals surface area contributed by atoms with Crippen molar-refractivity contribution in [3.8, 4) is 0 Å². The average Bonchev–Trinajstić information content (AvgIpc) is 2.54. The number of hydrogen-bond donors (Lipinski definition) is 2. The van der Waals surface area contributed by atoms with Crippen LogP contribution in [0.2, 0.25) is 0 Å². The zero-order valence-corrected chi connectivity index (χ0v) is 14.3. The topological polar surface area (TPSA) is 78.5 Å². The lowest BCUT2D eigenvalue weighted by Gasteiger charge is -2.30. The molecule has 2 rings (SSSR count). The van der Waals surface area contributed by atoms with Crippen LogP contribution in [-0.2, 0) is 10.0 Å². The highest BCUT2D eigenvalue weighted by atomic mass is 35.5. The Morgan fingerprint density at radius 1 is 1.23 bits per heavy atom. The molecule has 0 spiro atoms. The minimum atomic E-state index is -3.51. The molecule has 1 aliphatic rings. The van der Waals surface area contributed by atoms with Gasteiger partial charge in [-0.05, 0) is 50.2 Å². The van der Waals surface area contributed by atoms with Gasteiger partial charge in [-0.2, -0.15) is 4.31 Å². The van der Waals surface area contributed by atoms with Crippen molar-refractivity contribution in [1.82, 2.24) is 14.9 Å². The summed E-state index contributed by atoms with van der Waals surface area (Å²) in [4.78, 5) is 11.7. The van der Waals surface area contributed by atoms with Crippen molar-refractivity contribution in [2.45, 2.75) is 23.8 Å². The fourth-order valence-corrected chi connectivity index (χ4v) is 3.87. The molecule has 0 aromatic heterocycles. The number of benzene rings is 1. The average molecular weight is 348 g/mol. The van der Waals surface area contributed by atoms with Gasteiger partial charge >= 0.3 is 0 Å². The molecule has 1 fully saturated rings. The van der Waals surface area contributed by atoms with E-state index >= 15 is 0 Å². The van der Waals surface area contributed by atoms with Crippen LogP contribution in [0.1, 0.15) is 23.2 Å². The van der Waals surface area contributed by atoms with Gasteiger partial charge in [0.2, 0.25) is 10.0 Å². The molecule has 0 saturated carbocycles. The molecule has 1 saturated heterocycles. The summed E-state index contributed by atoms with van der Waals surface area (Å²) in [6.07, 6.45) is 1.62. The van der Waals surface area contributed by atoms with Crippen LogP contribution in [0, 0.1) is 0 Å². The third-order valence-electron chi connectivity index (χ3n) is 3.84. The summed E-state index contributed by atoms with van der Waals surface area (Å²) in [7, 11) is -0.351. The molecular weight excluding hydrogens is 326 g/mol. The Kier molecular flexibility index (Phi) is 6.80. The lowest BCUT2D eigenvalue weighted by Crippen LogP contribution is -2.43. The smallest absolute Gasteiger partial charge is 0.251 e. The van der Waals surface area contributed by atoms with Crippen molar-refractivity contribution in [2.24, 2.45) is 0 Å². The molecule has 0 unspecified atom stereocenters. The molecule has 1 aliphatic heterocycles. The minimum Gasteiger partial charge on any atom is -0.355 e. The number of rotatable bonds is 4. The van der Waals surface area contributed by atoms with Gasteiger partial charge in [0.1, 0.15) is 0 Å². The normalized spacial score (nSPS) is 16.1. The maximum Gasteiger partial charge on any atom is 0.251 e. The van der Waals surface area contributed by atoms with E-state index in [9.17, 15) is 13.2 Å². The summed E-state index contributed by atoms with van der Waals surface area (Å²) in [5, 5.41) is 5.73. The lowest BCUT2D eigenvalue weighted by molar-refractivity contribution is 0.0963. The van der Waals surface area contributed by atoms with Gasteiger partial charge in [-0.25, -0.2) is 8.42 Å². The Balaban J connectivity index is 0.00000242. The first-order valence-corrected chi connectivity index (χ1v) is 8.41. The SMILES string of the molecule is CNC(=O)c1ccc(S(=O)(=O)N(C)C2CCNCC2)cc1.Cl. The van der Waals surface area contributed by atoms with Crippen molar-refractivity contribution in [2.75, 3.05) is 27.2 Å². The number of hydrogen-bond acceptors (Lipinski definition) is 4. The summed E-state index contributed by atoms with van der Waals surface area (Å²) >= 11 is 0. The van der Waals surface area contributed by atoms with Crippen molar-refractivity contribution in [1.29, 1.82) is 0 Å². The van der Waals surface area contributed by atoms with E-state index in [2.05, 4.69) is 10.6 Å². The van der Waals surface area contributed by atoms with Crippen LogP contribution in [0.3, 0.4) is 0 Å². The first kappa shape index (κ1) is 18.9. The zero-order valence-electron chi connectivity index (χ0n) is 12.7. The fraction of sp³-hybridized carbons (Fsp3) is 0.500. The highest BCUT2D eigenvalue weighted by Crippen LogP contribution is 2.21. The van der Waals surface area contributed by atoms with E-state index in [1.54, 1.807) is 7.05 Å². The summed E-state index contributed by atoms with van der Waals surface area (Å²) in [6.45, 7) is 1.67. The molecule has 0 bridgehead atoms. The lowest BCUT2D eigenvalue weighted by atomic mass is 10.1.